The van der Waals surface area contributed by atoms with Crippen molar-refractivity contribution in [1.82, 2.24) is 9.55 Å². The van der Waals surface area contributed by atoms with Gasteiger partial charge < -0.3 is 28.8 Å². The topological polar surface area (TPSA) is 170 Å². The summed E-state index contributed by atoms with van der Waals surface area (Å²) in [5.74, 6) is -4.98. The van der Waals surface area contributed by atoms with Crippen molar-refractivity contribution in [2.75, 3.05) is 13.7 Å². The van der Waals surface area contributed by atoms with Crippen LogP contribution in [0.2, 0.25) is 0 Å². The Bertz CT molecular complexity index is 1690. The van der Waals surface area contributed by atoms with Crippen LogP contribution >= 0.6 is 0 Å². The summed E-state index contributed by atoms with van der Waals surface area (Å²) in [6.45, 7) is -0.489. The second-order valence-electron chi connectivity index (χ2n) is 9.65. The first-order valence-corrected chi connectivity index (χ1v) is 13.6. The Kier molecular flexibility index (Phi) is 9.29. The van der Waals surface area contributed by atoms with Crippen LogP contribution in [0.25, 0.3) is 0 Å². The average Bonchev–Trinajstić information content (AvgIpc) is 3.66. The van der Waals surface area contributed by atoms with Crippen molar-refractivity contribution in [3.8, 4) is 0 Å². The molecule has 0 bridgehead atoms. The Morgan fingerprint density at radius 1 is 0.733 bits per heavy atom. The zero-order valence-electron chi connectivity index (χ0n) is 23.7. The number of methoxy groups -OCH3 is 1. The Morgan fingerprint density at radius 3 is 1.71 bits per heavy atom. The van der Waals surface area contributed by atoms with Crippen molar-refractivity contribution in [3.63, 3.8) is 0 Å². The zero-order chi connectivity index (χ0) is 31.9. The second kappa shape index (κ2) is 13.7. The summed E-state index contributed by atoms with van der Waals surface area (Å²) >= 11 is 0. The lowest BCUT2D eigenvalue weighted by Crippen LogP contribution is -2.41. The molecule has 0 aliphatic carbocycles. The van der Waals surface area contributed by atoms with E-state index < -0.39 is 72.4 Å². The van der Waals surface area contributed by atoms with Crippen molar-refractivity contribution in [3.05, 3.63) is 125 Å². The lowest BCUT2D eigenvalue weighted by atomic mass is 10.1. The normalized spacial score (nSPS) is 18.9. The Labute approximate surface area is 255 Å². The van der Waals surface area contributed by atoms with Gasteiger partial charge in [-0.15, -0.1) is 0 Å². The van der Waals surface area contributed by atoms with Crippen molar-refractivity contribution in [1.29, 1.82) is 0 Å². The fourth-order valence-electron chi connectivity index (χ4n) is 4.69. The van der Waals surface area contributed by atoms with E-state index in [9.17, 15) is 29.1 Å². The third-order valence-electron chi connectivity index (χ3n) is 6.83. The van der Waals surface area contributed by atoms with Gasteiger partial charge in [-0.05, 0) is 36.4 Å². The van der Waals surface area contributed by atoms with Gasteiger partial charge in [0.25, 0.3) is 0 Å². The van der Waals surface area contributed by atoms with Gasteiger partial charge in [-0.3, -0.25) is 4.57 Å². The summed E-state index contributed by atoms with van der Waals surface area (Å²) in [7, 11) is 1.06. The standard InChI is InChI=1S/C32H26N2O11/c1-41-32(40)23-24(28(35)36)34(18-33-23)27-26(45-31(39)21-15-9-4-10-16-21)25(44-30(38)20-13-7-3-8-14-20)22(43-27)17-42-29(37)19-11-5-2-6-12-19/h2-16,18,22,25-27H,17H2,1H3,(H,35,36)/t22-,25-,26-,27?/m1/s1. The molecule has 1 unspecified atom stereocenters. The lowest BCUT2D eigenvalue weighted by molar-refractivity contribution is -0.0629. The van der Waals surface area contributed by atoms with Crippen molar-refractivity contribution >= 4 is 29.8 Å². The third kappa shape index (κ3) is 6.73. The molecule has 230 valence electrons. The van der Waals surface area contributed by atoms with Gasteiger partial charge in [-0.2, -0.15) is 0 Å². The molecule has 2 heterocycles. The van der Waals surface area contributed by atoms with Crippen LogP contribution in [0.3, 0.4) is 0 Å². The van der Waals surface area contributed by atoms with E-state index in [0.717, 1.165) is 18.0 Å². The average molecular weight is 615 g/mol. The number of benzene rings is 3. The van der Waals surface area contributed by atoms with Crippen LogP contribution in [0.4, 0.5) is 0 Å². The minimum atomic E-state index is -1.57. The second-order valence-corrected chi connectivity index (χ2v) is 9.65. The fraction of sp³-hybridized carbons (Fsp3) is 0.188. The highest BCUT2D eigenvalue weighted by Gasteiger charge is 2.52. The minimum Gasteiger partial charge on any atom is -0.476 e. The summed E-state index contributed by atoms with van der Waals surface area (Å²) in [5.41, 5.74) is -0.637. The number of carbonyl (C=O) groups excluding carboxylic acids is 4. The summed E-state index contributed by atoms with van der Waals surface area (Å²) < 4.78 is 28.9. The van der Waals surface area contributed by atoms with Crippen molar-refractivity contribution in [2.24, 2.45) is 0 Å². The first-order chi connectivity index (χ1) is 21.8. The molecule has 1 fully saturated rings. The van der Waals surface area contributed by atoms with Crippen LogP contribution in [0.15, 0.2) is 97.3 Å². The van der Waals surface area contributed by atoms with Crippen LogP contribution in [0.1, 0.15) is 58.3 Å². The van der Waals surface area contributed by atoms with Gasteiger partial charge >= 0.3 is 29.8 Å². The van der Waals surface area contributed by atoms with Gasteiger partial charge in [0.2, 0.25) is 0 Å². The van der Waals surface area contributed by atoms with E-state index in [1.54, 1.807) is 54.6 Å². The molecule has 0 saturated carbocycles. The molecule has 1 aromatic heterocycles. The molecule has 4 aromatic rings. The summed E-state index contributed by atoms with van der Waals surface area (Å²) in [4.78, 5) is 67.9. The number of hydrogen-bond acceptors (Lipinski definition) is 11. The molecule has 0 amide bonds. The van der Waals surface area contributed by atoms with Gasteiger partial charge in [0.1, 0.15) is 12.7 Å². The number of ether oxygens (including phenoxy) is 5. The van der Waals surface area contributed by atoms with Crippen LogP contribution in [0.5, 0.6) is 0 Å². The molecule has 45 heavy (non-hydrogen) atoms. The number of carboxylic acid groups (broad SMARTS) is 1. The summed E-state index contributed by atoms with van der Waals surface area (Å²) in [5, 5.41) is 10.0. The monoisotopic (exact) mass is 614 g/mol. The van der Waals surface area contributed by atoms with E-state index in [2.05, 4.69) is 9.72 Å². The zero-order valence-corrected chi connectivity index (χ0v) is 23.7. The quantitative estimate of drug-likeness (QED) is 0.204. The molecule has 3 aromatic carbocycles. The van der Waals surface area contributed by atoms with Crippen LogP contribution in [-0.4, -0.2) is 76.5 Å². The number of nitrogens with zero attached hydrogens (tertiary/aromatic N) is 2. The highest BCUT2D eigenvalue weighted by molar-refractivity contribution is 6.00. The molecule has 1 N–H and O–H groups in total. The molecule has 4 atom stereocenters. The lowest BCUT2D eigenvalue weighted by Gasteiger charge is -2.25. The maximum Gasteiger partial charge on any atom is 0.359 e. The number of carbonyl (C=O) groups is 5. The maximum absolute atomic E-state index is 13.3. The van der Waals surface area contributed by atoms with E-state index in [1.165, 1.54) is 36.4 Å². The number of hydrogen-bond donors (Lipinski definition) is 1. The Morgan fingerprint density at radius 2 is 1.22 bits per heavy atom. The van der Waals surface area contributed by atoms with Crippen LogP contribution in [-0.2, 0) is 23.7 Å². The third-order valence-corrected chi connectivity index (χ3v) is 6.83. The minimum absolute atomic E-state index is 0.141. The highest BCUT2D eigenvalue weighted by Crippen LogP contribution is 2.37. The fourth-order valence-corrected chi connectivity index (χ4v) is 4.69. The SMILES string of the molecule is COC(=O)c1ncn(C2O[C@H](COC(=O)c3ccccc3)[C@@H](OC(=O)c3ccccc3)[C@H]2OC(=O)c2ccccc2)c1C(=O)O. The van der Waals surface area contributed by atoms with Gasteiger partial charge in [0.05, 0.1) is 30.1 Å². The van der Waals surface area contributed by atoms with E-state index >= 15 is 0 Å². The number of aromatic carboxylic acids is 1. The number of rotatable bonds is 10. The number of aromatic nitrogens is 2. The molecule has 5 rings (SSSR count). The molecule has 13 heteroatoms. The van der Waals surface area contributed by atoms with E-state index in [0.29, 0.717) is 0 Å². The van der Waals surface area contributed by atoms with E-state index in [-0.39, 0.29) is 16.7 Å². The smallest absolute Gasteiger partial charge is 0.359 e. The largest absolute Gasteiger partial charge is 0.476 e. The van der Waals surface area contributed by atoms with Crippen molar-refractivity contribution < 1.29 is 52.8 Å². The van der Waals surface area contributed by atoms with Gasteiger partial charge in [-0.1, -0.05) is 54.6 Å². The molecule has 13 nitrogen and oxygen atoms in total. The molecule has 1 saturated heterocycles. The number of esters is 4. The molecule has 0 radical (unpaired) electrons. The Hall–Kier alpha value is -5.82. The van der Waals surface area contributed by atoms with Crippen LogP contribution < -0.4 is 0 Å². The molecular weight excluding hydrogens is 588 g/mol. The number of carboxylic acids is 1. The molecular formula is C32H26N2O11. The first-order valence-electron chi connectivity index (χ1n) is 13.6. The maximum atomic E-state index is 13.3. The van der Waals surface area contributed by atoms with Gasteiger partial charge in [0.15, 0.2) is 29.8 Å². The van der Waals surface area contributed by atoms with Crippen LogP contribution in [0, 0.1) is 0 Å². The van der Waals surface area contributed by atoms with Crippen molar-refractivity contribution in [2.45, 2.75) is 24.5 Å². The molecule has 0 spiro atoms. The summed E-state index contributed by atoms with van der Waals surface area (Å²) in [6, 6.07) is 23.9. The predicted molar refractivity (Wildman–Crippen MR) is 152 cm³/mol. The van der Waals surface area contributed by atoms with E-state index in [4.69, 9.17) is 18.9 Å². The summed E-state index contributed by atoms with van der Waals surface area (Å²) in [6.07, 6.45) is -4.72. The van der Waals surface area contributed by atoms with Gasteiger partial charge in [0, 0.05) is 0 Å². The highest BCUT2D eigenvalue weighted by atomic mass is 16.7. The van der Waals surface area contributed by atoms with Gasteiger partial charge in [-0.25, -0.2) is 29.0 Å². The molecule has 1 aliphatic heterocycles. The number of imidazole rings is 1. The predicted octanol–water partition coefficient (Wildman–Crippen LogP) is 3.57. The molecule has 1 aliphatic rings. The van der Waals surface area contributed by atoms with E-state index in [1.807, 2.05) is 0 Å². The Balaban J connectivity index is 1.55. The first kappa shape index (κ1) is 30.6.